The molecule has 2 aromatic heterocycles. The molecule has 8 nitrogen and oxygen atoms in total. The van der Waals surface area contributed by atoms with Gasteiger partial charge >= 0.3 is 5.97 Å². The summed E-state index contributed by atoms with van der Waals surface area (Å²) in [5.41, 5.74) is 0.853. The van der Waals surface area contributed by atoms with Crippen molar-refractivity contribution in [2.24, 2.45) is 7.05 Å². The quantitative estimate of drug-likeness (QED) is 0.905. The third kappa shape index (κ3) is 2.73. The number of morpholine rings is 1. The Hall–Kier alpha value is -2.61. The number of carboxylic acid groups (broad SMARTS) is 1. The molecule has 3 heterocycles. The predicted molar refractivity (Wildman–Crippen MR) is 73.5 cm³/mol. The van der Waals surface area contributed by atoms with Crippen molar-refractivity contribution in [2.75, 3.05) is 19.7 Å². The van der Waals surface area contributed by atoms with Crippen LogP contribution in [0.15, 0.2) is 29.1 Å². The van der Waals surface area contributed by atoms with Crippen LogP contribution in [0.2, 0.25) is 0 Å². The summed E-state index contributed by atoms with van der Waals surface area (Å²) in [5, 5.41) is 13.0. The van der Waals surface area contributed by atoms with Gasteiger partial charge in [0.1, 0.15) is 12.4 Å². The molecule has 0 radical (unpaired) electrons. The molecule has 1 atom stereocenters. The average molecular weight is 305 g/mol. The number of aryl methyl sites for hydroxylation is 1. The number of nitrogens with zero attached hydrogens (tertiary/aromatic N) is 3. The Kier molecular flexibility index (Phi) is 3.68. The summed E-state index contributed by atoms with van der Waals surface area (Å²) < 4.78 is 12.4. The minimum Gasteiger partial charge on any atom is -0.478 e. The number of hydrogen-bond acceptors (Lipinski definition) is 5. The lowest BCUT2D eigenvalue weighted by atomic mass is 10.1. The Balaban J connectivity index is 1.73. The molecule has 1 amide bonds. The first-order valence-corrected chi connectivity index (χ1v) is 6.76. The summed E-state index contributed by atoms with van der Waals surface area (Å²) in [6.45, 7) is 1.20. The van der Waals surface area contributed by atoms with Crippen LogP contribution >= 0.6 is 0 Å². The molecule has 0 spiro atoms. The number of carboxylic acids is 1. The Morgan fingerprint density at radius 2 is 2.27 bits per heavy atom. The van der Waals surface area contributed by atoms with E-state index in [-0.39, 0.29) is 23.3 Å². The van der Waals surface area contributed by atoms with Gasteiger partial charge in [-0.3, -0.25) is 9.48 Å². The van der Waals surface area contributed by atoms with Gasteiger partial charge < -0.3 is 19.2 Å². The van der Waals surface area contributed by atoms with Crippen molar-refractivity contribution >= 4 is 11.9 Å². The van der Waals surface area contributed by atoms with Crippen molar-refractivity contribution < 1.29 is 23.8 Å². The van der Waals surface area contributed by atoms with Gasteiger partial charge in [0.05, 0.1) is 24.9 Å². The number of aromatic nitrogens is 2. The van der Waals surface area contributed by atoms with E-state index in [0.717, 1.165) is 11.8 Å². The third-order valence-electron chi connectivity index (χ3n) is 3.51. The number of carbonyl (C=O) groups is 2. The van der Waals surface area contributed by atoms with E-state index in [9.17, 15) is 9.59 Å². The fraction of sp³-hybridized carbons (Fsp3) is 0.357. The SMILES string of the molecule is Cn1cc(C2CN(C(=O)c3cc(C(=O)O)co3)CCO2)cn1. The topological polar surface area (TPSA) is 97.8 Å². The zero-order chi connectivity index (χ0) is 15.7. The molecule has 116 valence electrons. The first-order valence-electron chi connectivity index (χ1n) is 6.76. The fourth-order valence-corrected chi connectivity index (χ4v) is 2.36. The minimum absolute atomic E-state index is 0.0178. The Labute approximate surface area is 125 Å². The normalized spacial score (nSPS) is 18.4. The molecule has 1 aliphatic rings. The van der Waals surface area contributed by atoms with E-state index >= 15 is 0 Å². The highest BCUT2D eigenvalue weighted by molar-refractivity contribution is 5.95. The summed E-state index contributed by atoms with van der Waals surface area (Å²) >= 11 is 0. The lowest BCUT2D eigenvalue weighted by Crippen LogP contribution is -2.42. The number of rotatable bonds is 3. The van der Waals surface area contributed by atoms with Gasteiger partial charge in [-0.15, -0.1) is 0 Å². The minimum atomic E-state index is -1.13. The average Bonchev–Trinajstić information content (AvgIpc) is 3.15. The highest BCUT2D eigenvalue weighted by Gasteiger charge is 2.28. The van der Waals surface area contributed by atoms with Crippen LogP contribution in [0.5, 0.6) is 0 Å². The van der Waals surface area contributed by atoms with E-state index in [1.54, 1.807) is 15.8 Å². The van der Waals surface area contributed by atoms with E-state index < -0.39 is 5.97 Å². The molecule has 1 aliphatic heterocycles. The first kappa shape index (κ1) is 14.3. The van der Waals surface area contributed by atoms with Crippen molar-refractivity contribution in [2.45, 2.75) is 6.10 Å². The van der Waals surface area contributed by atoms with Crippen LogP contribution in [0.4, 0.5) is 0 Å². The number of ether oxygens (including phenoxy) is 1. The first-order chi connectivity index (χ1) is 10.5. The second-order valence-corrected chi connectivity index (χ2v) is 5.06. The second kappa shape index (κ2) is 5.64. The second-order valence-electron chi connectivity index (χ2n) is 5.06. The summed E-state index contributed by atoms with van der Waals surface area (Å²) in [6.07, 6.45) is 4.36. The predicted octanol–water partition coefficient (Wildman–Crippen LogP) is 0.925. The maximum absolute atomic E-state index is 12.4. The van der Waals surface area contributed by atoms with Gasteiger partial charge in [-0.2, -0.15) is 5.10 Å². The van der Waals surface area contributed by atoms with E-state index in [2.05, 4.69) is 5.10 Å². The Bertz CT molecular complexity index is 705. The van der Waals surface area contributed by atoms with E-state index in [1.165, 1.54) is 6.07 Å². The van der Waals surface area contributed by atoms with Gasteiger partial charge in [-0.05, 0) is 0 Å². The van der Waals surface area contributed by atoms with Crippen molar-refractivity contribution in [3.05, 3.63) is 41.6 Å². The largest absolute Gasteiger partial charge is 0.478 e. The zero-order valence-electron chi connectivity index (χ0n) is 11.9. The molecule has 0 aliphatic carbocycles. The van der Waals surface area contributed by atoms with Crippen molar-refractivity contribution in [3.63, 3.8) is 0 Å². The molecule has 1 saturated heterocycles. The van der Waals surface area contributed by atoms with Crippen LogP contribution in [0, 0.1) is 0 Å². The van der Waals surface area contributed by atoms with E-state index in [1.807, 2.05) is 13.2 Å². The molecule has 0 aromatic carbocycles. The van der Waals surface area contributed by atoms with Gasteiger partial charge in [-0.1, -0.05) is 0 Å². The molecular formula is C14H15N3O5. The smallest absolute Gasteiger partial charge is 0.338 e. The molecule has 1 N–H and O–H groups in total. The number of furan rings is 1. The van der Waals surface area contributed by atoms with Crippen LogP contribution in [0.3, 0.4) is 0 Å². The fourth-order valence-electron chi connectivity index (χ4n) is 2.36. The molecular weight excluding hydrogens is 290 g/mol. The molecule has 2 aromatic rings. The zero-order valence-corrected chi connectivity index (χ0v) is 11.9. The van der Waals surface area contributed by atoms with Crippen LogP contribution in [-0.4, -0.2) is 51.4 Å². The number of aromatic carboxylic acids is 1. The number of hydrogen-bond donors (Lipinski definition) is 1. The summed E-state index contributed by atoms with van der Waals surface area (Å²) in [6, 6.07) is 1.24. The monoisotopic (exact) mass is 305 g/mol. The summed E-state index contributed by atoms with van der Waals surface area (Å²) in [5.74, 6) is -1.45. The Morgan fingerprint density at radius 3 is 2.91 bits per heavy atom. The van der Waals surface area contributed by atoms with Gasteiger partial charge in [0.15, 0.2) is 5.76 Å². The van der Waals surface area contributed by atoms with Gasteiger partial charge in [0.2, 0.25) is 0 Å². The van der Waals surface area contributed by atoms with Gasteiger partial charge in [-0.25, -0.2) is 4.79 Å². The van der Waals surface area contributed by atoms with Crippen molar-refractivity contribution in [3.8, 4) is 0 Å². The third-order valence-corrected chi connectivity index (χ3v) is 3.51. The molecule has 1 unspecified atom stereocenters. The van der Waals surface area contributed by atoms with E-state index in [4.69, 9.17) is 14.3 Å². The van der Waals surface area contributed by atoms with Crippen LogP contribution < -0.4 is 0 Å². The summed E-state index contributed by atoms with van der Waals surface area (Å²) in [7, 11) is 1.81. The lowest BCUT2D eigenvalue weighted by Gasteiger charge is -2.32. The highest BCUT2D eigenvalue weighted by atomic mass is 16.5. The molecule has 1 fully saturated rings. The maximum atomic E-state index is 12.4. The van der Waals surface area contributed by atoms with E-state index in [0.29, 0.717) is 19.7 Å². The molecule has 22 heavy (non-hydrogen) atoms. The van der Waals surface area contributed by atoms with Gasteiger partial charge in [0.25, 0.3) is 5.91 Å². The summed E-state index contributed by atoms with van der Waals surface area (Å²) in [4.78, 5) is 24.8. The molecule has 8 heteroatoms. The Morgan fingerprint density at radius 1 is 1.45 bits per heavy atom. The van der Waals surface area contributed by atoms with Crippen LogP contribution in [0.25, 0.3) is 0 Å². The number of carbonyl (C=O) groups excluding carboxylic acids is 1. The number of amides is 1. The lowest BCUT2D eigenvalue weighted by molar-refractivity contribution is -0.0238. The van der Waals surface area contributed by atoms with Crippen molar-refractivity contribution in [1.29, 1.82) is 0 Å². The van der Waals surface area contributed by atoms with Crippen LogP contribution in [0.1, 0.15) is 32.6 Å². The highest BCUT2D eigenvalue weighted by Crippen LogP contribution is 2.23. The van der Waals surface area contributed by atoms with Crippen LogP contribution in [-0.2, 0) is 11.8 Å². The van der Waals surface area contributed by atoms with Crippen molar-refractivity contribution in [1.82, 2.24) is 14.7 Å². The molecule has 0 saturated carbocycles. The van der Waals surface area contributed by atoms with Gasteiger partial charge in [0, 0.05) is 31.4 Å². The maximum Gasteiger partial charge on any atom is 0.338 e. The standard InChI is InChI=1S/C14H15N3O5/c1-16-6-10(5-15-16)12-7-17(2-3-21-12)13(18)11-4-9(8-22-11)14(19)20/h4-6,8,12H,2-3,7H2,1H3,(H,19,20). The molecule has 0 bridgehead atoms. The molecule has 3 rings (SSSR count).